The lowest BCUT2D eigenvalue weighted by Crippen LogP contribution is -2.29. The molecule has 0 aromatic carbocycles. The van der Waals surface area contributed by atoms with Crippen LogP contribution in [-0.4, -0.2) is 25.9 Å². The van der Waals surface area contributed by atoms with Gasteiger partial charge >= 0.3 is 0 Å². The Morgan fingerprint density at radius 1 is 0.833 bits per heavy atom. The van der Waals surface area contributed by atoms with Crippen molar-refractivity contribution in [2.45, 2.75) is 84.2 Å². The molecule has 0 aliphatic carbocycles. The van der Waals surface area contributed by atoms with E-state index < -0.39 is 0 Å². The lowest BCUT2D eigenvalue weighted by molar-refractivity contribution is -0.0595. The van der Waals surface area contributed by atoms with Crippen molar-refractivity contribution in [1.29, 1.82) is 0 Å². The van der Waals surface area contributed by atoms with Crippen molar-refractivity contribution >= 4 is 0 Å². The predicted molar refractivity (Wildman–Crippen MR) is 79.1 cm³/mol. The van der Waals surface area contributed by atoms with Gasteiger partial charge in [-0.15, -0.1) is 0 Å². The van der Waals surface area contributed by atoms with Crippen LogP contribution in [0.5, 0.6) is 0 Å². The molecular weight excluding hydrogens is 224 g/mol. The molecular formula is C16H34O2. The molecule has 2 nitrogen and oxygen atoms in total. The van der Waals surface area contributed by atoms with Gasteiger partial charge in [0.05, 0.1) is 18.8 Å². The molecule has 0 radical (unpaired) electrons. The highest BCUT2D eigenvalue weighted by Crippen LogP contribution is 2.23. The first-order valence-electron chi connectivity index (χ1n) is 7.81. The van der Waals surface area contributed by atoms with E-state index in [2.05, 4.69) is 20.8 Å². The number of methoxy groups -OCH3 is 1. The third kappa shape index (κ3) is 9.90. The molecule has 0 aromatic heterocycles. The van der Waals surface area contributed by atoms with Gasteiger partial charge < -0.3 is 9.47 Å². The summed E-state index contributed by atoms with van der Waals surface area (Å²) < 4.78 is 11.0. The predicted octanol–water partition coefficient (Wildman–Crippen LogP) is 4.96. The second-order valence-corrected chi connectivity index (χ2v) is 5.52. The van der Waals surface area contributed by atoms with E-state index in [4.69, 9.17) is 9.47 Å². The molecule has 0 aliphatic heterocycles. The van der Waals surface area contributed by atoms with E-state index in [0.29, 0.717) is 6.61 Å². The number of hydrogen-bond acceptors (Lipinski definition) is 2. The molecule has 0 spiro atoms. The third-order valence-electron chi connectivity index (χ3n) is 3.80. The SMILES string of the molecule is CCCCCCCCCC(C)(CC)OCCOC. The molecule has 0 rings (SSSR count). The fraction of sp³-hybridized carbons (Fsp3) is 1.00. The Kier molecular flexibility index (Phi) is 11.9. The van der Waals surface area contributed by atoms with Crippen LogP contribution in [0.1, 0.15) is 78.6 Å². The second-order valence-electron chi connectivity index (χ2n) is 5.52. The fourth-order valence-electron chi connectivity index (χ4n) is 2.18. The maximum absolute atomic E-state index is 5.94. The molecule has 0 bridgehead atoms. The number of ether oxygens (including phenoxy) is 2. The van der Waals surface area contributed by atoms with Gasteiger partial charge in [-0.2, -0.15) is 0 Å². The van der Waals surface area contributed by atoms with Crippen LogP contribution < -0.4 is 0 Å². The molecule has 0 amide bonds. The van der Waals surface area contributed by atoms with Gasteiger partial charge in [0, 0.05) is 7.11 Å². The van der Waals surface area contributed by atoms with Gasteiger partial charge in [0.1, 0.15) is 0 Å². The molecule has 1 unspecified atom stereocenters. The van der Waals surface area contributed by atoms with Crippen LogP contribution in [0, 0.1) is 0 Å². The van der Waals surface area contributed by atoms with E-state index in [1.54, 1.807) is 7.11 Å². The minimum Gasteiger partial charge on any atom is -0.382 e. The first-order valence-corrected chi connectivity index (χ1v) is 7.81. The van der Waals surface area contributed by atoms with Crippen molar-refractivity contribution in [3.63, 3.8) is 0 Å². The highest BCUT2D eigenvalue weighted by molar-refractivity contribution is 4.73. The average molecular weight is 258 g/mol. The van der Waals surface area contributed by atoms with Gasteiger partial charge in [0.25, 0.3) is 0 Å². The normalized spacial score (nSPS) is 14.7. The van der Waals surface area contributed by atoms with Crippen molar-refractivity contribution in [2.75, 3.05) is 20.3 Å². The number of unbranched alkanes of at least 4 members (excludes halogenated alkanes) is 6. The van der Waals surface area contributed by atoms with Crippen molar-refractivity contribution in [2.24, 2.45) is 0 Å². The summed E-state index contributed by atoms with van der Waals surface area (Å²) in [7, 11) is 1.73. The van der Waals surface area contributed by atoms with Gasteiger partial charge in [-0.05, 0) is 19.8 Å². The molecule has 0 heterocycles. The van der Waals surface area contributed by atoms with E-state index in [9.17, 15) is 0 Å². The Hall–Kier alpha value is -0.0800. The van der Waals surface area contributed by atoms with Gasteiger partial charge in [-0.1, -0.05) is 58.8 Å². The Balaban J connectivity index is 3.53. The van der Waals surface area contributed by atoms with Crippen molar-refractivity contribution in [3.8, 4) is 0 Å². The van der Waals surface area contributed by atoms with Crippen LogP contribution >= 0.6 is 0 Å². The van der Waals surface area contributed by atoms with Crippen LogP contribution in [0.2, 0.25) is 0 Å². The number of rotatable bonds is 13. The molecule has 110 valence electrons. The Bertz CT molecular complexity index is 170. The zero-order valence-corrected chi connectivity index (χ0v) is 13.1. The molecule has 0 N–H and O–H groups in total. The van der Waals surface area contributed by atoms with E-state index in [-0.39, 0.29) is 5.60 Å². The minimum atomic E-state index is 0.0575. The molecule has 0 fully saturated rings. The maximum Gasteiger partial charge on any atom is 0.0707 e. The number of hydrogen-bond donors (Lipinski definition) is 0. The third-order valence-corrected chi connectivity index (χ3v) is 3.80. The Morgan fingerprint density at radius 2 is 1.44 bits per heavy atom. The standard InChI is InChI=1S/C16H34O2/c1-5-7-8-9-10-11-12-13-16(3,6-2)18-15-14-17-4/h5-15H2,1-4H3. The van der Waals surface area contributed by atoms with E-state index >= 15 is 0 Å². The molecule has 0 aromatic rings. The largest absolute Gasteiger partial charge is 0.382 e. The summed E-state index contributed by atoms with van der Waals surface area (Å²) in [6.45, 7) is 8.14. The fourth-order valence-corrected chi connectivity index (χ4v) is 2.18. The molecule has 1 atom stereocenters. The first-order chi connectivity index (χ1) is 8.68. The highest BCUT2D eigenvalue weighted by Gasteiger charge is 2.21. The summed E-state index contributed by atoms with van der Waals surface area (Å²) in [5.74, 6) is 0. The van der Waals surface area contributed by atoms with E-state index in [1.165, 1.54) is 51.4 Å². The average Bonchev–Trinajstić information content (AvgIpc) is 2.38. The lowest BCUT2D eigenvalue weighted by Gasteiger charge is -2.28. The van der Waals surface area contributed by atoms with E-state index in [0.717, 1.165) is 13.0 Å². The van der Waals surface area contributed by atoms with Crippen LogP contribution in [0.3, 0.4) is 0 Å². The summed E-state index contributed by atoms with van der Waals surface area (Å²) in [5, 5.41) is 0. The smallest absolute Gasteiger partial charge is 0.0707 e. The van der Waals surface area contributed by atoms with Crippen LogP contribution in [0.4, 0.5) is 0 Å². The first kappa shape index (κ1) is 17.9. The molecule has 0 aliphatic rings. The summed E-state index contributed by atoms with van der Waals surface area (Å²) in [4.78, 5) is 0. The lowest BCUT2D eigenvalue weighted by atomic mass is 9.94. The van der Waals surface area contributed by atoms with Crippen LogP contribution in [0.15, 0.2) is 0 Å². The molecule has 0 saturated carbocycles. The monoisotopic (exact) mass is 258 g/mol. The molecule has 2 heteroatoms. The van der Waals surface area contributed by atoms with Crippen molar-refractivity contribution in [1.82, 2.24) is 0 Å². The molecule has 0 saturated heterocycles. The minimum absolute atomic E-state index is 0.0575. The zero-order valence-electron chi connectivity index (χ0n) is 13.1. The van der Waals surface area contributed by atoms with Crippen LogP contribution in [0.25, 0.3) is 0 Å². The van der Waals surface area contributed by atoms with Crippen LogP contribution in [-0.2, 0) is 9.47 Å². The summed E-state index contributed by atoms with van der Waals surface area (Å²) >= 11 is 0. The zero-order chi connectivity index (χ0) is 13.7. The second kappa shape index (κ2) is 12.0. The molecule has 18 heavy (non-hydrogen) atoms. The van der Waals surface area contributed by atoms with E-state index in [1.807, 2.05) is 0 Å². The van der Waals surface area contributed by atoms with Crippen molar-refractivity contribution in [3.05, 3.63) is 0 Å². The van der Waals surface area contributed by atoms with Gasteiger partial charge in [0.15, 0.2) is 0 Å². The summed E-state index contributed by atoms with van der Waals surface area (Å²) in [5.41, 5.74) is 0.0575. The van der Waals surface area contributed by atoms with Gasteiger partial charge in [-0.25, -0.2) is 0 Å². The van der Waals surface area contributed by atoms with Gasteiger partial charge in [-0.3, -0.25) is 0 Å². The van der Waals surface area contributed by atoms with Gasteiger partial charge in [0.2, 0.25) is 0 Å². The maximum atomic E-state index is 5.94. The highest BCUT2D eigenvalue weighted by atomic mass is 16.5. The summed E-state index contributed by atoms with van der Waals surface area (Å²) in [6.07, 6.45) is 11.9. The van der Waals surface area contributed by atoms with Crippen molar-refractivity contribution < 1.29 is 9.47 Å². The Morgan fingerprint density at radius 3 is 2.00 bits per heavy atom. The summed E-state index contributed by atoms with van der Waals surface area (Å²) in [6, 6.07) is 0. The topological polar surface area (TPSA) is 18.5 Å². The quantitative estimate of drug-likeness (QED) is 0.435. The Labute approximate surface area is 114 Å².